The largest absolute Gasteiger partial charge is 0.377 e. The van der Waals surface area contributed by atoms with Gasteiger partial charge in [0.1, 0.15) is 5.65 Å². The lowest BCUT2D eigenvalue weighted by molar-refractivity contribution is 0.0302. The molecule has 4 heteroatoms. The van der Waals surface area contributed by atoms with Crippen LogP contribution in [0.5, 0.6) is 0 Å². The molecule has 0 aliphatic heterocycles. The fourth-order valence-electron chi connectivity index (χ4n) is 2.82. The fraction of sp³-hybridized carbons (Fsp3) is 0.562. The van der Waals surface area contributed by atoms with Gasteiger partial charge in [-0.15, -0.1) is 0 Å². The number of ether oxygens (including phenoxy) is 1. The molecule has 2 aromatic rings. The molecule has 2 heterocycles. The predicted octanol–water partition coefficient (Wildman–Crippen LogP) is 2.77. The van der Waals surface area contributed by atoms with Crippen LogP contribution in [0.1, 0.15) is 37.8 Å². The van der Waals surface area contributed by atoms with Crippen LogP contribution < -0.4 is 5.32 Å². The van der Waals surface area contributed by atoms with Crippen LogP contribution in [0, 0.1) is 0 Å². The Bertz CT molecular complexity index is 498. The molecule has 0 amide bonds. The van der Waals surface area contributed by atoms with E-state index < -0.39 is 0 Å². The Balaban J connectivity index is 1.37. The highest BCUT2D eigenvalue weighted by atomic mass is 16.5. The summed E-state index contributed by atoms with van der Waals surface area (Å²) in [5.41, 5.74) is 2.08. The van der Waals surface area contributed by atoms with Crippen LogP contribution in [0.15, 0.2) is 30.6 Å². The first-order valence-electron chi connectivity index (χ1n) is 7.67. The van der Waals surface area contributed by atoms with Crippen LogP contribution in [0.3, 0.4) is 0 Å². The van der Waals surface area contributed by atoms with E-state index in [0.717, 1.165) is 31.0 Å². The molecule has 2 aromatic heterocycles. The molecule has 1 fully saturated rings. The molecule has 108 valence electrons. The number of pyridine rings is 1. The quantitative estimate of drug-likeness (QED) is 0.823. The zero-order valence-electron chi connectivity index (χ0n) is 11.9. The predicted molar refractivity (Wildman–Crippen MR) is 79.7 cm³/mol. The van der Waals surface area contributed by atoms with Gasteiger partial charge in [-0.05, 0) is 25.0 Å². The molecule has 4 nitrogen and oxygen atoms in total. The molecule has 0 saturated heterocycles. The van der Waals surface area contributed by atoms with Gasteiger partial charge in [0.05, 0.1) is 18.4 Å². The minimum atomic E-state index is 0.501. The number of hydrogen-bond acceptors (Lipinski definition) is 3. The molecule has 1 aliphatic carbocycles. The van der Waals surface area contributed by atoms with Gasteiger partial charge >= 0.3 is 0 Å². The third-order valence-electron chi connectivity index (χ3n) is 3.90. The molecular weight excluding hydrogens is 250 g/mol. The number of nitrogens with one attached hydrogen (secondary N) is 1. The van der Waals surface area contributed by atoms with Gasteiger partial charge in [-0.3, -0.25) is 0 Å². The molecule has 1 N–H and O–H groups in total. The van der Waals surface area contributed by atoms with Gasteiger partial charge in [0.2, 0.25) is 0 Å². The number of rotatable bonds is 6. The van der Waals surface area contributed by atoms with Gasteiger partial charge < -0.3 is 14.5 Å². The number of fused-ring (bicyclic) bond motifs is 1. The molecule has 3 rings (SSSR count). The minimum absolute atomic E-state index is 0.501. The molecule has 0 aromatic carbocycles. The maximum Gasteiger partial charge on any atom is 0.137 e. The first-order valence-corrected chi connectivity index (χ1v) is 7.67. The molecule has 0 unspecified atom stereocenters. The molecule has 0 atom stereocenters. The summed E-state index contributed by atoms with van der Waals surface area (Å²) in [7, 11) is 0. The Morgan fingerprint density at radius 1 is 1.25 bits per heavy atom. The van der Waals surface area contributed by atoms with Crippen LogP contribution in [0.2, 0.25) is 0 Å². The molecule has 0 spiro atoms. The van der Waals surface area contributed by atoms with Gasteiger partial charge in [-0.1, -0.05) is 25.3 Å². The fourth-order valence-corrected chi connectivity index (χ4v) is 2.82. The Morgan fingerprint density at radius 3 is 3.00 bits per heavy atom. The monoisotopic (exact) mass is 273 g/mol. The Kier molecular flexibility index (Phi) is 4.66. The van der Waals surface area contributed by atoms with Crippen LogP contribution >= 0.6 is 0 Å². The first-order chi connectivity index (χ1) is 9.92. The van der Waals surface area contributed by atoms with Crippen LogP contribution in [-0.2, 0) is 11.3 Å². The van der Waals surface area contributed by atoms with E-state index in [2.05, 4.69) is 20.9 Å². The summed E-state index contributed by atoms with van der Waals surface area (Å²) in [6.45, 7) is 2.50. The van der Waals surface area contributed by atoms with Crippen molar-refractivity contribution in [2.24, 2.45) is 0 Å². The number of imidazole rings is 1. The number of hydrogen-bond donors (Lipinski definition) is 1. The highest BCUT2D eigenvalue weighted by Gasteiger charge is 2.12. The highest BCUT2D eigenvalue weighted by molar-refractivity contribution is 5.39. The standard InChI is InChI=1S/C16H23N3O/c1-2-6-15(7-3-1)20-11-9-17-12-14-13-19-10-5-4-8-16(19)18-14/h4-5,8,10,13,15,17H,1-3,6-7,9,11-12H2. The third kappa shape index (κ3) is 3.58. The topological polar surface area (TPSA) is 38.6 Å². The van der Waals surface area contributed by atoms with Gasteiger partial charge in [-0.2, -0.15) is 0 Å². The molecule has 0 radical (unpaired) electrons. The lowest BCUT2D eigenvalue weighted by Gasteiger charge is -2.21. The molecule has 0 bridgehead atoms. The second kappa shape index (κ2) is 6.86. The summed E-state index contributed by atoms with van der Waals surface area (Å²) in [5.74, 6) is 0. The van der Waals surface area contributed by atoms with E-state index in [4.69, 9.17) is 4.74 Å². The van der Waals surface area contributed by atoms with E-state index in [9.17, 15) is 0 Å². The minimum Gasteiger partial charge on any atom is -0.377 e. The van der Waals surface area contributed by atoms with E-state index in [1.54, 1.807) is 0 Å². The second-order valence-electron chi connectivity index (χ2n) is 5.51. The van der Waals surface area contributed by atoms with E-state index in [0.29, 0.717) is 6.10 Å². The van der Waals surface area contributed by atoms with Gasteiger partial charge in [-0.25, -0.2) is 4.98 Å². The summed E-state index contributed by atoms with van der Waals surface area (Å²) >= 11 is 0. The van der Waals surface area contributed by atoms with Crippen LogP contribution in [-0.4, -0.2) is 28.6 Å². The van der Waals surface area contributed by atoms with Crippen molar-refractivity contribution in [2.45, 2.75) is 44.8 Å². The Labute approximate surface area is 120 Å². The molecule has 1 aliphatic rings. The number of aromatic nitrogens is 2. The summed E-state index contributed by atoms with van der Waals surface area (Å²) in [5, 5.41) is 3.40. The zero-order valence-corrected chi connectivity index (χ0v) is 11.9. The van der Waals surface area contributed by atoms with E-state index >= 15 is 0 Å². The van der Waals surface area contributed by atoms with Crippen molar-refractivity contribution >= 4 is 5.65 Å². The van der Waals surface area contributed by atoms with Crippen LogP contribution in [0.25, 0.3) is 5.65 Å². The van der Waals surface area contributed by atoms with Crippen molar-refractivity contribution in [2.75, 3.05) is 13.2 Å². The zero-order chi connectivity index (χ0) is 13.6. The van der Waals surface area contributed by atoms with Crippen molar-refractivity contribution in [3.8, 4) is 0 Å². The highest BCUT2D eigenvalue weighted by Crippen LogP contribution is 2.19. The Hall–Kier alpha value is -1.39. The third-order valence-corrected chi connectivity index (χ3v) is 3.90. The number of nitrogens with zero attached hydrogens (tertiary/aromatic N) is 2. The van der Waals surface area contributed by atoms with Crippen molar-refractivity contribution in [3.63, 3.8) is 0 Å². The lowest BCUT2D eigenvalue weighted by Crippen LogP contribution is -2.24. The molecular formula is C16H23N3O. The van der Waals surface area contributed by atoms with Crippen molar-refractivity contribution in [1.82, 2.24) is 14.7 Å². The lowest BCUT2D eigenvalue weighted by atomic mass is 9.98. The van der Waals surface area contributed by atoms with E-state index in [1.165, 1.54) is 32.1 Å². The maximum atomic E-state index is 5.89. The average molecular weight is 273 g/mol. The SMILES string of the molecule is c1ccn2cc(CNCCOC3CCCCC3)nc2c1. The Morgan fingerprint density at radius 2 is 2.15 bits per heavy atom. The van der Waals surface area contributed by atoms with Crippen molar-refractivity contribution in [1.29, 1.82) is 0 Å². The summed E-state index contributed by atoms with van der Waals surface area (Å²) in [6, 6.07) is 6.05. The van der Waals surface area contributed by atoms with Crippen molar-refractivity contribution in [3.05, 3.63) is 36.3 Å². The molecule has 20 heavy (non-hydrogen) atoms. The van der Waals surface area contributed by atoms with Gasteiger partial charge in [0.15, 0.2) is 0 Å². The van der Waals surface area contributed by atoms with Gasteiger partial charge in [0, 0.05) is 25.5 Å². The normalized spacial score (nSPS) is 16.8. The molecule has 1 saturated carbocycles. The summed E-state index contributed by atoms with van der Waals surface area (Å²) in [4.78, 5) is 4.56. The second-order valence-corrected chi connectivity index (χ2v) is 5.51. The average Bonchev–Trinajstić information content (AvgIpc) is 2.90. The smallest absolute Gasteiger partial charge is 0.137 e. The van der Waals surface area contributed by atoms with E-state index in [1.807, 2.05) is 24.4 Å². The summed E-state index contributed by atoms with van der Waals surface area (Å²) < 4.78 is 7.94. The first kappa shape index (κ1) is 13.6. The van der Waals surface area contributed by atoms with Gasteiger partial charge in [0.25, 0.3) is 0 Å². The van der Waals surface area contributed by atoms with Crippen molar-refractivity contribution < 1.29 is 4.74 Å². The summed E-state index contributed by atoms with van der Waals surface area (Å²) in [6.07, 6.45) is 11.1. The van der Waals surface area contributed by atoms with E-state index in [-0.39, 0.29) is 0 Å². The van der Waals surface area contributed by atoms with Crippen LogP contribution in [0.4, 0.5) is 0 Å². The maximum absolute atomic E-state index is 5.89.